The predicted octanol–water partition coefficient (Wildman–Crippen LogP) is 2.71. The molecule has 3 heterocycles. The Morgan fingerprint density at radius 3 is 2.70 bits per heavy atom. The summed E-state index contributed by atoms with van der Waals surface area (Å²) in [6.07, 6.45) is 4.45. The van der Waals surface area contributed by atoms with Crippen LogP contribution in [0, 0.1) is 0 Å². The standard InChI is InChI=1S/C25H24N4O4/c30-24(25(31)28-19-7-8-22-23(14-19)33-13-12-32-22)27-16-21(18-5-3-10-26-15-18)29-11-9-17-4-1-2-6-20(17)29/h1-8,10,14-15,21H,9,11-13,16H2,(H,27,30)(H,28,31)/t21-/m0/s1. The highest BCUT2D eigenvalue weighted by atomic mass is 16.6. The highest BCUT2D eigenvalue weighted by Crippen LogP contribution is 2.35. The van der Waals surface area contributed by atoms with Crippen LogP contribution in [0.1, 0.15) is 17.2 Å². The molecule has 8 nitrogen and oxygen atoms in total. The summed E-state index contributed by atoms with van der Waals surface area (Å²) in [5.74, 6) is -0.276. The van der Waals surface area contributed by atoms with Crippen LogP contribution < -0.4 is 25.0 Å². The first kappa shape index (κ1) is 20.8. The Morgan fingerprint density at radius 1 is 1.00 bits per heavy atom. The van der Waals surface area contributed by atoms with E-state index in [1.165, 1.54) is 5.56 Å². The minimum atomic E-state index is -0.738. The van der Waals surface area contributed by atoms with Crippen molar-refractivity contribution in [1.82, 2.24) is 10.3 Å². The molecule has 8 heteroatoms. The van der Waals surface area contributed by atoms with Gasteiger partial charge in [-0.15, -0.1) is 0 Å². The number of pyridine rings is 1. The number of amides is 2. The number of benzene rings is 2. The van der Waals surface area contributed by atoms with Gasteiger partial charge >= 0.3 is 11.8 Å². The zero-order chi connectivity index (χ0) is 22.6. The van der Waals surface area contributed by atoms with Gasteiger partial charge in [-0.1, -0.05) is 24.3 Å². The zero-order valence-electron chi connectivity index (χ0n) is 18.0. The van der Waals surface area contributed by atoms with Gasteiger partial charge in [0.05, 0.1) is 6.04 Å². The molecule has 0 saturated heterocycles. The quantitative estimate of drug-likeness (QED) is 0.588. The Labute approximate surface area is 191 Å². The second-order valence-electron chi connectivity index (χ2n) is 7.90. The summed E-state index contributed by atoms with van der Waals surface area (Å²) in [6.45, 7) is 2.03. The van der Waals surface area contributed by atoms with Crippen molar-refractivity contribution in [2.45, 2.75) is 12.5 Å². The minimum Gasteiger partial charge on any atom is -0.486 e. The van der Waals surface area contributed by atoms with Gasteiger partial charge < -0.3 is 25.0 Å². The number of fused-ring (bicyclic) bond motifs is 2. The molecule has 2 aliphatic rings. The summed E-state index contributed by atoms with van der Waals surface area (Å²) < 4.78 is 11.0. The molecule has 5 rings (SSSR count). The number of para-hydroxylation sites is 1. The molecule has 2 N–H and O–H groups in total. The summed E-state index contributed by atoms with van der Waals surface area (Å²) >= 11 is 0. The van der Waals surface area contributed by atoms with E-state index in [9.17, 15) is 9.59 Å². The summed E-state index contributed by atoms with van der Waals surface area (Å²) in [7, 11) is 0. The second-order valence-corrected chi connectivity index (χ2v) is 7.90. The van der Waals surface area contributed by atoms with Crippen LogP contribution in [0.15, 0.2) is 67.0 Å². The van der Waals surface area contributed by atoms with E-state index in [4.69, 9.17) is 9.47 Å². The maximum absolute atomic E-state index is 12.6. The third kappa shape index (κ3) is 4.45. The van der Waals surface area contributed by atoms with E-state index < -0.39 is 11.8 Å². The summed E-state index contributed by atoms with van der Waals surface area (Å²) in [6, 6.07) is 17.0. The lowest BCUT2D eigenvalue weighted by atomic mass is 10.1. The van der Waals surface area contributed by atoms with E-state index in [0.29, 0.717) is 30.4 Å². The Balaban J connectivity index is 1.27. The number of ether oxygens (including phenoxy) is 2. The molecule has 3 aromatic rings. The Morgan fingerprint density at radius 2 is 1.85 bits per heavy atom. The van der Waals surface area contributed by atoms with Crippen LogP contribution >= 0.6 is 0 Å². The van der Waals surface area contributed by atoms with Crippen LogP contribution in [-0.2, 0) is 16.0 Å². The van der Waals surface area contributed by atoms with Gasteiger partial charge in [-0.05, 0) is 41.8 Å². The number of carbonyl (C=O) groups is 2. The van der Waals surface area contributed by atoms with Crippen LogP contribution in [0.25, 0.3) is 0 Å². The molecule has 0 fully saturated rings. The van der Waals surface area contributed by atoms with Gasteiger partial charge in [-0.25, -0.2) is 0 Å². The van der Waals surface area contributed by atoms with E-state index in [1.54, 1.807) is 30.6 Å². The largest absolute Gasteiger partial charge is 0.486 e. The van der Waals surface area contributed by atoms with Gasteiger partial charge in [0.15, 0.2) is 11.5 Å². The average molecular weight is 444 g/mol. The maximum Gasteiger partial charge on any atom is 0.313 e. The smallest absolute Gasteiger partial charge is 0.313 e. The highest BCUT2D eigenvalue weighted by Gasteiger charge is 2.28. The zero-order valence-corrected chi connectivity index (χ0v) is 18.0. The van der Waals surface area contributed by atoms with E-state index in [-0.39, 0.29) is 12.6 Å². The lowest BCUT2D eigenvalue weighted by molar-refractivity contribution is -0.136. The van der Waals surface area contributed by atoms with Gasteiger partial charge in [0.2, 0.25) is 0 Å². The fraction of sp³-hybridized carbons (Fsp3) is 0.240. The summed E-state index contributed by atoms with van der Waals surface area (Å²) in [5, 5.41) is 5.42. The molecular weight excluding hydrogens is 420 g/mol. The van der Waals surface area contributed by atoms with Crippen molar-refractivity contribution in [2.24, 2.45) is 0 Å². The van der Waals surface area contributed by atoms with Gasteiger partial charge in [-0.3, -0.25) is 14.6 Å². The van der Waals surface area contributed by atoms with Crippen molar-refractivity contribution >= 4 is 23.2 Å². The summed E-state index contributed by atoms with van der Waals surface area (Å²) in [5.41, 5.74) is 3.86. The van der Waals surface area contributed by atoms with Gasteiger partial charge in [0.25, 0.3) is 0 Å². The molecule has 2 aliphatic heterocycles. The first-order valence-electron chi connectivity index (χ1n) is 10.9. The first-order chi connectivity index (χ1) is 16.2. The van der Waals surface area contributed by atoms with E-state index in [0.717, 1.165) is 24.2 Å². The number of anilines is 2. The van der Waals surface area contributed by atoms with E-state index in [1.807, 2.05) is 24.3 Å². The number of nitrogens with zero attached hydrogens (tertiary/aromatic N) is 2. The van der Waals surface area contributed by atoms with Crippen molar-refractivity contribution in [3.8, 4) is 11.5 Å². The third-order valence-corrected chi connectivity index (χ3v) is 5.83. The molecule has 33 heavy (non-hydrogen) atoms. The number of nitrogens with one attached hydrogen (secondary N) is 2. The summed E-state index contributed by atoms with van der Waals surface area (Å²) in [4.78, 5) is 31.6. The Hall–Kier alpha value is -4.07. The molecule has 1 atom stereocenters. The minimum absolute atomic E-state index is 0.145. The molecular formula is C25H24N4O4. The van der Waals surface area contributed by atoms with Crippen LogP contribution in [0.5, 0.6) is 11.5 Å². The number of aromatic nitrogens is 1. The van der Waals surface area contributed by atoms with Crippen molar-refractivity contribution in [1.29, 1.82) is 0 Å². The SMILES string of the molecule is O=C(NC[C@@H](c1cccnc1)N1CCc2ccccc21)C(=O)Nc1ccc2c(c1)OCCO2. The molecule has 0 radical (unpaired) electrons. The molecule has 0 bridgehead atoms. The molecule has 2 aromatic carbocycles. The molecule has 0 unspecified atom stereocenters. The van der Waals surface area contributed by atoms with Crippen LogP contribution in [0.3, 0.4) is 0 Å². The fourth-order valence-corrected chi connectivity index (χ4v) is 4.25. The van der Waals surface area contributed by atoms with Crippen molar-refractivity contribution in [3.05, 3.63) is 78.1 Å². The second kappa shape index (κ2) is 9.20. The lowest BCUT2D eigenvalue weighted by Gasteiger charge is -2.30. The van der Waals surface area contributed by atoms with Crippen molar-refractivity contribution < 1.29 is 19.1 Å². The predicted molar refractivity (Wildman–Crippen MR) is 124 cm³/mol. The van der Waals surface area contributed by atoms with Crippen molar-refractivity contribution in [3.63, 3.8) is 0 Å². The Kier molecular flexibility index (Phi) is 5.80. The number of hydrogen-bond donors (Lipinski definition) is 2. The number of rotatable bonds is 5. The maximum atomic E-state index is 12.6. The molecule has 0 spiro atoms. The average Bonchev–Trinajstić information content (AvgIpc) is 3.28. The third-order valence-electron chi connectivity index (χ3n) is 5.83. The molecule has 2 amide bonds. The van der Waals surface area contributed by atoms with E-state index in [2.05, 4.69) is 32.7 Å². The van der Waals surface area contributed by atoms with Gasteiger partial charge in [0, 0.05) is 42.9 Å². The molecule has 1 aromatic heterocycles. The number of hydrogen-bond acceptors (Lipinski definition) is 6. The van der Waals surface area contributed by atoms with E-state index >= 15 is 0 Å². The number of carbonyl (C=O) groups excluding carboxylic acids is 2. The molecule has 168 valence electrons. The normalized spacial score (nSPS) is 14.8. The van der Waals surface area contributed by atoms with Crippen molar-refractivity contribution in [2.75, 3.05) is 36.5 Å². The Bertz CT molecular complexity index is 1170. The van der Waals surface area contributed by atoms with Crippen LogP contribution in [-0.4, -0.2) is 43.1 Å². The van der Waals surface area contributed by atoms with Gasteiger partial charge in [0.1, 0.15) is 13.2 Å². The monoisotopic (exact) mass is 444 g/mol. The molecule has 0 saturated carbocycles. The topological polar surface area (TPSA) is 92.8 Å². The fourth-order valence-electron chi connectivity index (χ4n) is 4.25. The van der Waals surface area contributed by atoms with Crippen LogP contribution in [0.2, 0.25) is 0 Å². The van der Waals surface area contributed by atoms with Crippen LogP contribution in [0.4, 0.5) is 11.4 Å². The molecule has 0 aliphatic carbocycles. The van der Waals surface area contributed by atoms with Gasteiger partial charge in [-0.2, -0.15) is 0 Å². The first-order valence-corrected chi connectivity index (χ1v) is 10.9. The lowest BCUT2D eigenvalue weighted by Crippen LogP contribution is -2.41. The highest BCUT2D eigenvalue weighted by molar-refractivity contribution is 6.39.